The van der Waals surface area contributed by atoms with Crippen molar-refractivity contribution < 1.29 is 9.53 Å². The number of aryl methyl sites for hydroxylation is 1. The molecule has 0 aliphatic heterocycles. The Morgan fingerprint density at radius 2 is 2.31 bits per heavy atom. The number of nitriles is 2. The summed E-state index contributed by atoms with van der Waals surface area (Å²) in [6, 6.07) is 3.74. The number of imidazole rings is 1. The number of hydrogen-bond acceptors (Lipinski definition) is 5. The van der Waals surface area contributed by atoms with Crippen LogP contribution in [0, 0.1) is 22.7 Å². The summed E-state index contributed by atoms with van der Waals surface area (Å²) in [4.78, 5) is 14.6. The van der Waals surface area contributed by atoms with E-state index in [-0.39, 0.29) is 23.8 Å². The Balaban J connectivity index is 2.62. The van der Waals surface area contributed by atoms with Crippen LogP contribution in [0.15, 0.2) is 6.33 Å². The van der Waals surface area contributed by atoms with Crippen LogP contribution in [0.2, 0.25) is 0 Å². The molecule has 0 aliphatic carbocycles. The van der Waals surface area contributed by atoms with Gasteiger partial charge in [-0.05, 0) is 6.42 Å². The van der Waals surface area contributed by atoms with Crippen LogP contribution in [0.1, 0.15) is 24.2 Å². The number of hydrogen-bond donors (Lipinski definition) is 0. The third kappa shape index (κ3) is 2.58. The molecule has 0 amide bonds. The molecule has 0 saturated carbocycles. The Labute approximate surface area is 92.7 Å². The van der Waals surface area contributed by atoms with Gasteiger partial charge in [0, 0.05) is 13.0 Å². The van der Waals surface area contributed by atoms with Crippen molar-refractivity contribution in [2.24, 2.45) is 0 Å². The van der Waals surface area contributed by atoms with Gasteiger partial charge < -0.3 is 9.30 Å². The molecule has 0 saturated heterocycles. The second-order valence-corrected chi connectivity index (χ2v) is 3.04. The molecule has 1 rings (SSSR count). The van der Waals surface area contributed by atoms with Crippen molar-refractivity contribution in [1.29, 1.82) is 10.5 Å². The van der Waals surface area contributed by atoms with E-state index in [2.05, 4.69) is 9.72 Å². The first-order chi connectivity index (χ1) is 7.72. The van der Waals surface area contributed by atoms with E-state index < -0.39 is 0 Å². The third-order valence-electron chi connectivity index (χ3n) is 2.06. The summed E-state index contributed by atoms with van der Waals surface area (Å²) in [6.07, 6.45) is 2.25. The van der Waals surface area contributed by atoms with E-state index in [9.17, 15) is 4.79 Å². The summed E-state index contributed by atoms with van der Waals surface area (Å²) in [6.45, 7) is 0.465. The van der Waals surface area contributed by atoms with Crippen LogP contribution in [0.5, 0.6) is 0 Å². The van der Waals surface area contributed by atoms with Gasteiger partial charge in [0.2, 0.25) is 0 Å². The Kier molecular flexibility index (Phi) is 4.05. The largest absolute Gasteiger partial charge is 0.469 e. The highest BCUT2D eigenvalue weighted by Gasteiger charge is 2.09. The van der Waals surface area contributed by atoms with E-state index >= 15 is 0 Å². The van der Waals surface area contributed by atoms with E-state index in [1.807, 2.05) is 12.1 Å². The Hall–Kier alpha value is -2.34. The zero-order chi connectivity index (χ0) is 12.0. The minimum absolute atomic E-state index is 0.112. The second-order valence-electron chi connectivity index (χ2n) is 3.04. The van der Waals surface area contributed by atoms with Crippen LogP contribution in [0.25, 0.3) is 0 Å². The van der Waals surface area contributed by atoms with E-state index in [0.717, 1.165) is 0 Å². The molecule has 0 radical (unpaired) electrons. The molecule has 16 heavy (non-hydrogen) atoms. The predicted molar refractivity (Wildman–Crippen MR) is 52.9 cm³/mol. The molecule has 0 N–H and O–H groups in total. The van der Waals surface area contributed by atoms with Gasteiger partial charge in [-0.1, -0.05) is 0 Å². The molecule has 1 aromatic rings. The lowest BCUT2D eigenvalue weighted by Gasteiger charge is -2.02. The van der Waals surface area contributed by atoms with E-state index in [0.29, 0.717) is 13.0 Å². The molecule has 0 bridgehead atoms. The van der Waals surface area contributed by atoms with Crippen LogP contribution in [0.4, 0.5) is 0 Å². The predicted octanol–water partition coefficient (Wildman–Crippen LogP) is 0.580. The van der Waals surface area contributed by atoms with Crippen molar-refractivity contribution in [1.82, 2.24) is 9.55 Å². The maximum absolute atomic E-state index is 10.9. The maximum atomic E-state index is 10.9. The highest BCUT2D eigenvalue weighted by molar-refractivity contribution is 5.68. The van der Waals surface area contributed by atoms with Gasteiger partial charge in [-0.15, -0.1) is 0 Å². The van der Waals surface area contributed by atoms with Gasteiger partial charge >= 0.3 is 5.97 Å². The number of esters is 1. The molecule has 6 nitrogen and oxygen atoms in total. The highest BCUT2D eigenvalue weighted by Crippen LogP contribution is 2.06. The zero-order valence-electron chi connectivity index (χ0n) is 8.80. The summed E-state index contributed by atoms with van der Waals surface area (Å²) in [5, 5.41) is 17.5. The van der Waals surface area contributed by atoms with Gasteiger partial charge in [0.15, 0.2) is 11.4 Å². The van der Waals surface area contributed by atoms with Gasteiger partial charge in [-0.2, -0.15) is 10.5 Å². The molecule has 1 heterocycles. The topological polar surface area (TPSA) is 91.7 Å². The number of methoxy groups -OCH3 is 1. The fourth-order valence-corrected chi connectivity index (χ4v) is 1.25. The average Bonchev–Trinajstić information content (AvgIpc) is 2.70. The van der Waals surface area contributed by atoms with Crippen LogP contribution >= 0.6 is 0 Å². The Morgan fingerprint density at radius 3 is 2.88 bits per heavy atom. The lowest BCUT2D eigenvalue weighted by Crippen LogP contribution is -2.05. The molecule has 1 aromatic heterocycles. The van der Waals surface area contributed by atoms with Crippen molar-refractivity contribution in [3.05, 3.63) is 17.7 Å². The number of rotatable bonds is 4. The molecule has 0 aliphatic rings. The van der Waals surface area contributed by atoms with Gasteiger partial charge in [-0.25, -0.2) is 4.98 Å². The number of ether oxygens (including phenoxy) is 1. The lowest BCUT2D eigenvalue weighted by molar-refractivity contribution is -0.140. The molecule has 82 valence electrons. The minimum atomic E-state index is -0.292. The molecular weight excluding hydrogens is 208 g/mol. The smallest absolute Gasteiger partial charge is 0.305 e. The molecule has 6 heteroatoms. The van der Waals surface area contributed by atoms with Crippen molar-refractivity contribution in [2.45, 2.75) is 19.4 Å². The van der Waals surface area contributed by atoms with Gasteiger partial charge in [0.1, 0.15) is 12.1 Å². The summed E-state index contributed by atoms with van der Waals surface area (Å²) in [5.74, 6) is -0.292. The lowest BCUT2D eigenvalue weighted by atomic mass is 10.3. The summed E-state index contributed by atoms with van der Waals surface area (Å²) in [5.41, 5.74) is 0.341. The van der Waals surface area contributed by atoms with Crippen LogP contribution in [0.3, 0.4) is 0 Å². The fourth-order valence-electron chi connectivity index (χ4n) is 1.25. The molecule has 0 fully saturated rings. The van der Waals surface area contributed by atoms with Gasteiger partial charge in [-0.3, -0.25) is 4.79 Å². The van der Waals surface area contributed by atoms with Gasteiger partial charge in [0.25, 0.3) is 0 Å². The standard InChI is InChI=1S/C10H10N4O2/c1-16-10(15)3-2-4-14-7-13-8(5-11)9(14)6-12/h7H,2-4H2,1H3. The summed E-state index contributed by atoms with van der Waals surface area (Å²) in [7, 11) is 1.33. The highest BCUT2D eigenvalue weighted by atomic mass is 16.5. The number of nitrogens with zero attached hydrogens (tertiary/aromatic N) is 4. The van der Waals surface area contributed by atoms with E-state index in [1.165, 1.54) is 13.4 Å². The first kappa shape index (κ1) is 11.7. The average molecular weight is 218 g/mol. The third-order valence-corrected chi connectivity index (χ3v) is 2.06. The quantitative estimate of drug-likeness (QED) is 0.689. The van der Waals surface area contributed by atoms with Crippen molar-refractivity contribution in [3.63, 3.8) is 0 Å². The monoisotopic (exact) mass is 218 g/mol. The fraction of sp³-hybridized carbons (Fsp3) is 0.400. The molecule has 0 unspecified atom stereocenters. The molecule has 0 spiro atoms. The van der Waals surface area contributed by atoms with Crippen LogP contribution in [-0.4, -0.2) is 22.6 Å². The van der Waals surface area contributed by atoms with Crippen LogP contribution in [-0.2, 0) is 16.1 Å². The summed E-state index contributed by atoms with van der Waals surface area (Å²) >= 11 is 0. The van der Waals surface area contributed by atoms with Crippen molar-refractivity contribution in [2.75, 3.05) is 7.11 Å². The van der Waals surface area contributed by atoms with E-state index in [4.69, 9.17) is 10.5 Å². The van der Waals surface area contributed by atoms with Crippen LogP contribution < -0.4 is 0 Å². The Morgan fingerprint density at radius 1 is 1.56 bits per heavy atom. The summed E-state index contributed by atoms with van der Waals surface area (Å²) < 4.78 is 6.05. The minimum Gasteiger partial charge on any atom is -0.469 e. The van der Waals surface area contributed by atoms with Crippen molar-refractivity contribution in [3.8, 4) is 12.1 Å². The molecular formula is C10H10N4O2. The molecule has 0 atom stereocenters. The van der Waals surface area contributed by atoms with Gasteiger partial charge in [0.05, 0.1) is 13.4 Å². The normalized spacial score (nSPS) is 9.19. The first-order valence-electron chi connectivity index (χ1n) is 4.65. The SMILES string of the molecule is COC(=O)CCCn1cnc(C#N)c1C#N. The second kappa shape index (κ2) is 5.52. The first-order valence-corrected chi connectivity index (χ1v) is 4.65. The van der Waals surface area contributed by atoms with Crippen molar-refractivity contribution >= 4 is 5.97 Å². The number of carbonyl (C=O) groups excluding carboxylic acids is 1. The van der Waals surface area contributed by atoms with E-state index in [1.54, 1.807) is 4.57 Å². The number of aromatic nitrogens is 2. The Bertz CT molecular complexity index is 464. The zero-order valence-corrected chi connectivity index (χ0v) is 8.80. The molecule has 0 aromatic carbocycles. The number of carbonyl (C=O) groups is 1. The maximum Gasteiger partial charge on any atom is 0.305 e.